The molecule has 1 heterocycles. The number of hydrogen-bond acceptors (Lipinski definition) is 3. The number of hydrogen-bond donors (Lipinski definition) is 0. The van der Waals surface area contributed by atoms with Gasteiger partial charge in [0.15, 0.2) is 0 Å². The number of carbonyl (C=O) groups is 1. The molecule has 1 aliphatic heterocycles. The van der Waals surface area contributed by atoms with Crippen molar-refractivity contribution in [3.05, 3.63) is 32.4 Å². The Bertz CT molecular complexity index is 777. The third-order valence-corrected chi connectivity index (χ3v) is 6.40. The van der Waals surface area contributed by atoms with Crippen molar-refractivity contribution in [2.75, 3.05) is 26.2 Å². The van der Waals surface area contributed by atoms with E-state index in [-0.39, 0.29) is 6.09 Å². The second-order valence-corrected chi connectivity index (χ2v) is 15.4. The summed E-state index contributed by atoms with van der Waals surface area (Å²) in [5.74, 6) is 3.43. The monoisotopic (exact) mass is 512 g/mol. The molecule has 0 aliphatic carbocycles. The van der Waals surface area contributed by atoms with Crippen LogP contribution in [0, 0.1) is 22.0 Å². The summed E-state index contributed by atoms with van der Waals surface area (Å²) in [6.45, 7) is 18.7. The Morgan fingerprint density at radius 1 is 1.18 bits per heavy atom. The maximum Gasteiger partial charge on any atom is 0.410 e. The van der Waals surface area contributed by atoms with Gasteiger partial charge in [-0.3, -0.25) is 4.90 Å². The van der Waals surface area contributed by atoms with Gasteiger partial charge in [0.1, 0.15) is 13.7 Å². The van der Waals surface area contributed by atoms with Crippen LogP contribution in [0.25, 0.3) is 0 Å². The highest BCUT2D eigenvalue weighted by atomic mass is 127. The quantitative estimate of drug-likeness (QED) is 0.322. The summed E-state index contributed by atoms with van der Waals surface area (Å²) in [7, 11) is -1.40. The minimum absolute atomic E-state index is 0.207. The lowest BCUT2D eigenvalue weighted by Gasteiger charge is -2.35. The first-order chi connectivity index (χ1) is 12.8. The largest absolute Gasteiger partial charge is 0.444 e. The maximum absolute atomic E-state index is 12.2. The molecule has 28 heavy (non-hydrogen) atoms. The fraction of sp³-hybridized carbons (Fsp3) is 0.591. The number of benzene rings is 1. The predicted molar refractivity (Wildman–Crippen MR) is 127 cm³/mol. The van der Waals surface area contributed by atoms with Gasteiger partial charge in [-0.05, 0) is 73.5 Å². The Morgan fingerprint density at radius 3 is 2.32 bits per heavy atom. The Kier molecular flexibility index (Phi) is 7.62. The molecule has 1 amide bonds. The van der Waals surface area contributed by atoms with E-state index in [1.54, 1.807) is 0 Å². The lowest BCUT2D eigenvalue weighted by atomic mass is 10.0. The number of ether oxygens (including phenoxy) is 1. The third kappa shape index (κ3) is 7.41. The van der Waals surface area contributed by atoms with Crippen LogP contribution >= 0.6 is 22.6 Å². The van der Waals surface area contributed by atoms with Crippen LogP contribution in [-0.4, -0.2) is 55.7 Å². The molecule has 0 bridgehead atoms. The molecule has 1 aliphatic rings. The molecule has 154 valence electrons. The average molecular weight is 513 g/mol. The highest BCUT2D eigenvalue weighted by Gasteiger charge is 2.25. The van der Waals surface area contributed by atoms with Crippen LogP contribution in [0.2, 0.25) is 19.6 Å². The molecule has 0 saturated carbocycles. The van der Waals surface area contributed by atoms with Crippen molar-refractivity contribution >= 4 is 36.8 Å². The van der Waals surface area contributed by atoms with E-state index in [1.807, 2.05) is 25.7 Å². The van der Waals surface area contributed by atoms with Gasteiger partial charge in [0, 0.05) is 41.9 Å². The third-order valence-electron chi connectivity index (χ3n) is 4.41. The molecule has 0 N–H and O–H groups in total. The lowest BCUT2D eigenvalue weighted by molar-refractivity contribution is 0.0139. The van der Waals surface area contributed by atoms with Crippen LogP contribution in [0.5, 0.6) is 0 Å². The zero-order chi connectivity index (χ0) is 21.1. The molecule has 1 aromatic rings. The molecule has 0 radical (unpaired) electrons. The van der Waals surface area contributed by atoms with Gasteiger partial charge in [-0.15, -0.1) is 5.54 Å². The summed E-state index contributed by atoms with van der Waals surface area (Å²) in [6.07, 6.45) is -0.207. The molecular formula is C22H33IN2O2Si. The van der Waals surface area contributed by atoms with Crippen molar-refractivity contribution in [3.63, 3.8) is 0 Å². The molecule has 4 nitrogen and oxygen atoms in total. The minimum atomic E-state index is -1.40. The topological polar surface area (TPSA) is 32.8 Å². The number of piperazine rings is 1. The van der Waals surface area contributed by atoms with E-state index < -0.39 is 13.7 Å². The molecule has 1 aromatic carbocycles. The number of carbonyl (C=O) groups excluding carboxylic acids is 1. The van der Waals surface area contributed by atoms with Gasteiger partial charge >= 0.3 is 6.09 Å². The van der Waals surface area contributed by atoms with Gasteiger partial charge < -0.3 is 9.64 Å². The van der Waals surface area contributed by atoms with Gasteiger partial charge in [-0.2, -0.15) is 0 Å². The van der Waals surface area contributed by atoms with Crippen LogP contribution in [0.15, 0.2) is 12.1 Å². The molecule has 0 unspecified atom stereocenters. The highest BCUT2D eigenvalue weighted by Crippen LogP contribution is 2.21. The van der Waals surface area contributed by atoms with E-state index in [1.165, 1.54) is 14.7 Å². The molecule has 0 spiro atoms. The van der Waals surface area contributed by atoms with Gasteiger partial charge in [-0.25, -0.2) is 4.79 Å². The van der Waals surface area contributed by atoms with Gasteiger partial charge in [0.05, 0.1) is 0 Å². The van der Waals surface area contributed by atoms with Gasteiger partial charge in [0.25, 0.3) is 0 Å². The summed E-state index contributed by atoms with van der Waals surface area (Å²) in [4.78, 5) is 16.4. The maximum atomic E-state index is 12.2. The van der Waals surface area contributed by atoms with Crippen molar-refractivity contribution < 1.29 is 9.53 Å². The zero-order valence-corrected chi connectivity index (χ0v) is 21.4. The van der Waals surface area contributed by atoms with Crippen LogP contribution in [0.4, 0.5) is 4.79 Å². The average Bonchev–Trinajstić information content (AvgIpc) is 2.55. The number of halogens is 1. The van der Waals surface area contributed by atoms with Crippen molar-refractivity contribution in [2.45, 2.75) is 59.5 Å². The Hall–Kier alpha value is -1.04. The van der Waals surface area contributed by atoms with Crippen LogP contribution in [0.3, 0.4) is 0 Å². The first-order valence-corrected chi connectivity index (χ1v) is 14.4. The molecule has 6 heteroatoms. The number of amides is 1. The second-order valence-electron chi connectivity index (χ2n) is 9.49. The summed E-state index contributed by atoms with van der Waals surface area (Å²) >= 11 is 2.41. The smallest absolute Gasteiger partial charge is 0.410 e. The molecular weight excluding hydrogens is 479 g/mol. The Balaban J connectivity index is 2.02. The van der Waals surface area contributed by atoms with Crippen molar-refractivity contribution in [1.82, 2.24) is 9.80 Å². The van der Waals surface area contributed by atoms with Crippen LogP contribution in [-0.2, 0) is 11.3 Å². The van der Waals surface area contributed by atoms with E-state index in [4.69, 9.17) is 4.74 Å². The van der Waals surface area contributed by atoms with Crippen molar-refractivity contribution in [3.8, 4) is 11.5 Å². The van der Waals surface area contributed by atoms with Gasteiger partial charge in [0.2, 0.25) is 0 Å². The van der Waals surface area contributed by atoms with Crippen molar-refractivity contribution in [1.29, 1.82) is 0 Å². The van der Waals surface area contributed by atoms with E-state index in [0.29, 0.717) is 13.1 Å². The van der Waals surface area contributed by atoms with Crippen LogP contribution < -0.4 is 0 Å². The van der Waals surface area contributed by atoms with Crippen LogP contribution in [0.1, 0.15) is 37.5 Å². The molecule has 1 saturated heterocycles. The lowest BCUT2D eigenvalue weighted by Crippen LogP contribution is -2.49. The summed E-state index contributed by atoms with van der Waals surface area (Å²) < 4.78 is 6.75. The summed E-state index contributed by atoms with van der Waals surface area (Å²) in [5.41, 5.74) is 6.75. The standard InChI is InChI=1S/C22H33IN2O2Si/c1-17-19(8-13-28(5,6)7)14-18(15-20(17)23)16-24-9-11-25(12-10-24)21(26)27-22(2,3)4/h14-15H,9-12,16H2,1-7H3. The fourth-order valence-electron chi connectivity index (χ4n) is 2.88. The number of nitrogens with zero attached hydrogens (tertiary/aromatic N) is 2. The molecule has 1 fully saturated rings. The molecule has 0 aromatic heterocycles. The minimum Gasteiger partial charge on any atom is -0.444 e. The van der Waals surface area contributed by atoms with E-state index in [9.17, 15) is 4.79 Å². The summed E-state index contributed by atoms with van der Waals surface area (Å²) in [5, 5.41) is 0. The predicted octanol–water partition coefficient (Wildman–Crippen LogP) is 4.88. The first kappa shape index (κ1) is 23.2. The summed E-state index contributed by atoms with van der Waals surface area (Å²) in [6, 6.07) is 4.50. The second kappa shape index (κ2) is 9.18. The first-order valence-electron chi connectivity index (χ1n) is 9.86. The zero-order valence-electron chi connectivity index (χ0n) is 18.3. The Labute approximate surface area is 185 Å². The normalized spacial score (nSPS) is 15.8. The molecule has 2 rings (SSSR count). The van der Waals surface area contributed by atoms with E-state index >= 15 is 0 Å². The van der Waals surface area contributed by atoms with Gasteiger partial charge in [-0.1, -0.05) is 25.6 Å². The Morgan fingerprint density at radius 2 is 1.79 bits per heavy atom. The van der Waals surface area contributed by atoms with E-state index in [2.05, 4.69) is 77.7 Å². The highest BCUT2D eigenvalue weighted by molar-refractivity contribution is 14.1. The SMILES string of the molecule is Cc1c(I)cc(CN2CCN(C(=O)OC(C)(C)C)CC2)cc1C#C[Si](C)(C)C. The molecule has 0 atom stereocenters. The van der Waals surface area contributed by atoms with E-state index in [0.717, 1.165) is 25.2 Å². The number of rotatable bonds is 2. The fourth-order valence-corrected chi connectivity index (χ4v) is 4.08. The van der Waals surface area contributed by atoms with Crippen molar-refractivity contribution in [2.24, 2.45) is 0 Å².